The predicted octanol–water partition coefficient (Wildman–Crippen LogP) is 1.32. The van der Waals surface area contributed by atoms with E-state index in [1.54, 1.807) is 29.3 Å². The number of anilines is 1. The Labute approximate surface area is 113 Å². The molecule has 0 saturated heterocycles. The van der Waals surface area contributed by atoms with Crippen LogP contribution in [0.4, 0.5) is 5.95 Å². The normalized spacial score (nSPS) is 11.2. The van der Waals surface area contributed by atoms with Gasteiger partial charge in [-0.3, -0.25) is 15.0 Å². The second-order valence-electron chi connectivity index (χ2n) is 4.27. The molecule has 0 spiro atoms. The number of hydrogen-bond acceptors (Lipinski definition) is 6. The number of nitrogens with zero attached hydrogens (tertiary/aromatic N) is 6. The van der Waals surface area contributed by atoms with Crippen LogP contribution in [-0.4, -0.2) is 29.5 Å². The molecule has 2 N–H and O–H groups in total. The number of nitrogen functional groups attached to an aromatic ring is 1. The van der Waals surface area contributed by atoms with E-state index in [0.717, 1.165) is 16.6 Å². The minimum absolute atomic E-state index is 0.222. The SMILES string of the molecule is Nc1nc2c(-c3ccc4nccnc4c3)nccn2n1. The Morgan fingerprint density at radius 1 is 0.950 bits per heavy atom. The molecular formula is C13H9N7. The third-order valence-electron chi connectivity index (χ3n) is 3.01. The van der Waals surface area contributed by atoms with Gasteiger partial charge in [0, 0.05) is 30.4 Å². The molecule has 3 aromatic heterocycles. The van der Waals surface area contributed by atoms with E-state index < -0.39 is 0 Å². The Kier molecular flexibility index (Phi) is 2.13. The molecule has 0 aliphatic heterocycles. The molecule has 0 saturated carbocycles. The quantitative estimate of drug-likeness (QED) is 0.556. The highest BCUT2D eigenvalue weighted by molar-refractivity contribution is 5.83. The van der Waals surface area contributed by atoms with Gasteiger partial charge in [-0.05, 0) is 12.1 Å². The third-order valence-corrected chi connectivity index (χ3v) is 3.01. The molecule has 0 aliphatic rings. The van der Waals surface area contributed by atoms with Crippen molar-refractivity contribution in [2.75, 3.05) is 5.73 Å². The van der Waals surface area contributed by atoms with Crippen LogP contribution < -0.4 is 5.73 Å². The van der Waals surface area contributed by atoms with E-state index in [1.165, 1.54) is 0 Å². The van der Waals surface area contributed by atoms with Crippen LogP contribution in [0, 0.1) is 0 Å². The first-order valence-electron chi connectivity index (χ1n) is 5.99. The molecule has 1 aromatic carbocycles. The summed E-state index contributed by atoms with van der Waals surface area (Å²) >= 11 is 0. The number of fused-ring (bicyclic) bond motifs is 2. The number of hydrogen-bond donors (Lipinski definition) is 1. The van der Waals surface area contributed by atoms with Crippen molar-refractivity contribution in [1.29, 1.82) is 0 Å². The lowest BCUT2D eigenvalue weighted by Gasteiger charge is -2.03. The molecule has 0 radical (unpaired) electrons. The van der Waals surface area contributed by atoms with E-state index in [9.17, 15) is 0 Å². The van der Waals surface area contributed by atoms with Gasteiger partial charge >= 0.3 is 0 Å². The van der Waals surface area contributed by atoms with Gasteiger partial charge in [-0.1, -0.05) is 6.07 Å². The van der Waals surface area contributed by atoms with Crippen LogP contribution in [0.3, 0.4) is 0 Å². The summed E-state index contributed by atoms with van der Waals surface area (Å²) in [5, 5.41) is 4.08. The van der Waals surface area contributed by atoms with Gasteiger partial charge in [0.25, 0.3) is 0 Å². The molecule has 96 valence electrons. The molecule has 7 nitrogen and oxygen atoms in total. The first-order chi connectivity index (χ1) is 9.81. The minimum atomic E-state index is 0.222. The van der Waals surface area contributed by atoms with Crippen molar-refractivity contribution in [2.45, 2.75) is 0 Å². The standard InChI is InChI=1S/C13H9N7/c14-13-18-12-11(17-5-6-20(12)19-13)8-1-2-9-10(7-8)16-4-3-15-9/h1-7H,(H2,14,19). The Bertz CT molecular complexity index is 928. The molecule has 20 heavy (non-hydrogen) atoms. The average Bonchev–Trinajstić information content (AvgIpc) is 2.86. The lowest BCUT2D eigenvalue weighted by Crippen LogP contribution is -1.93. The largest absolute Gasteiger partial charge is 0.366 e. The van der Waals surface area contributed by atoms with Crippen LogP contribution in [0.5, 0.6) is 0 Å². The van der Waals surface area contributed by atoms with Gasteiger partial charge in [-0.25, -0.2) is 4.52 Å². The van der Waals surface area contributed by atoms with Crippen LogP contribution in [-0.2, 0) is 0 Å². The van der Waals surface area contributed by atoms with Gasteiger partial charge in [-0.2, -0.15) is 4.98 Å². The molecule has 7 heteroatoms. The van der Waals surface area contributed by atoms with Crippen LogP contribution in [0.25, 0.3) is 27.9 Å². The number of rotatable bonds is 1. The summed E-state index contributed by atoms with van der Waals surface area (Å²) in [6.45, 7) is 0. The third kappa shape index (κ3) is 1.57. The molecule has 4 aromatic rings. The van der Waals surface area contributed by atoms with Gasteiger partial charge in [0.15, 0.2) is 5.65 Å². The second kappa shape index (κ2) is 3.95. The fourth-order valence-corrected chi connectivity index (χ4v) is 2.15. The number of aromatic nitrogens is 6. The zero-order valence-electron chi connectivity index (χ0n) is 10.3. The summed E-state index contributed by atoms with van der Waals surface area (Å²) in [6.07, 6.45) is 6.70. The van der Waals surface area contributed by atoms with E-state index in [4.69, 9.17) is 5.73 Å². The molecule has 0 bridgehead atoms. The van der Waals surface area contributed by atoms with Gasteiger partial charge in [-0.15, -0.1) is 5.10 Å². The average molecular weight is 263 g/mol. The van der Waals surface area contributed by atoms with Crippen molar-refractivity contribution < 1.29 is 0 Å². The fourth-order valence-electron chi connectivity index (χ4n) is 2.15. The van der Waals surface area contributed by atoms with Gasteiger partial charge in [0.1, 0.15) is 5.69 Å². The fraction of sp³-hybridized carbons (Fsp3) is 0. The summed E-state index contributed by atoms with van der Waals surface area (Å²) in [5.41, 5.74) is 9.51. The Morgan fingerprint density at radius 2 is 1.80 bits per heavy atom. The maximum atomic E-state index is 5.63. The Morgan fingerprint density at radius 3 is 2.70 bits per heavy atom. The van der Waals surface area contributed by atoms with Crippen LogP contribution >= 0.6 is 0 Å². The summed E-state index contributed by atoms with van der Waals surface area (Å²) in [6, 6.07) is 5.77. The first kappa shape index (κ1) is 10.8. The number of benzene rings is 1. The lowest BCUT2D eigenvalue weighted by atomic mass is 10.1. The zero-order valence-corrected chi connectivity index (χ0v) is 10.3. The smallest absolute Gasteiger partial charge is 0.240 e. The van der Waals surface area contributed by atoms with Gasteiger partial charge < -0.3 is 5.73 Å². The van der Waals surface area contributed by atoms with Crippen molar-refractivity contribution in [2.24, 2.45) is 0 Å². The lowest BCUT2D eigenvalue weighted by molar-refractivity contribution is 0.954. The molecule has 4 rings (SSSR count). The highest BCUT2D eigenvalue weighted by Crippen LogP contribution is 2.23. The van der Waals surface area contributed by atoms with E-state index in [-0.39, 0.29) is 5.95 Å². The van der Waals surface area contributed by atoms with E-state index in [2.05, 4.69) is 25.0 Å². The molecule has 3 heterocycles. The Balaban J connectivity index is 2.00. The van der Waals surface area contributed by atoms with Crippen LogP contribution in [0.1, 0.15) is 0 Å². The van der Waals surface area contributed by atoms with Crippen molar-refractivity contribution in [3.8, 4) is 11.3 Å². The van der Waals surface area contributed by atoms with Crippen molar-refractivity contribution in [3.05, 3.63) is 43.0 Å². The van der Waals surface area contributed by atoms with Crippen LogP contribution in [0.2, 0.25) is 0 Å². The first-order valence-corrected chi connectivity index (χ1v) is 5.99. The van der Waals surface area contributed by atoms with Crippen molar-refractivity contribution >= 4 is 22.6 Å². The highest BCUT2D eigenvalue weighted by Gasteiger charge is 2.10. The monoisotopic (exact) mass is 263 g/mol. The second-order valence-corrected chi connectivity index (χ2v) is 4.27. The van der Waals surface area contributed by atoms with Gasteiger partial charge in [0.05, 0.1) is 11.0 Å². The van der Waals surface area contributed by atoms with E-state index in [0.29, 0.717) is 11.3 Å². The van der Waals surface area contributed by atoms with Crippen LogP contribution in [0.15, 0.2) is 43.0 Å². The Hall–Kier alpha value is -3.09. The molecule has 0 aliphatic carbocycles. The summed E-state index contributed by atoms with van der Waals surface area (Å²) < 4.78 is 1.61. The summed E-state index contributed by atoms with van der Waals surface area (Å²) in [5.74, 6) is 0.222. The molecule has 0 amide bonds. The van der Waals surface area contributed by atoms with Crippen molar-refractivity contribution in [1.82, 2.24) is 29.5 Å². The molecule has 0 unspecified atom stereocenters. The van der Waals surface area contributed by atoms with E-state index >= 15 is 0 Å². The number of nitrogens with two attached hydrogens (primary N) is 1. The maximum absolute atomic E-state index is 5.63. The summed E-state index contributed by atoms with van der Waals surface area (Å²) in [7, 11) is 0. The van der Waals surface area contributed by atoms with E-state index in [1.807, 2.05) is 18.2 Å². The highest BCUT2D eigenvalue weighted by atomic mass is 15.3. The van der Waals surface area contributed by atoms with Crippen molar-refractivity contribution in [3.63, 3.8) is 0 Å². The predicted molar refractivity (Wildman–Crippen MR) is 73.7 cm³/mol. The maximum Gasteiger partial charge on any atom is 0.240 e. The minimum Gasteiger partial charge on any atom is -0.366 e. The topological polar surface area (TPSA) is 94.9 Å². The molecule has 0 atom stereocenters. The zero-order chi connectivity index (χ0) is 13.5. The summed E-state index contributed by atoms with van der Waals surface area (Å²) in [4.78, 5) is 17.1. The molecule has 0 fully saturated rings. The van der Waals surface area contributed by atoms with Gasteiger partial charge in [0.2, 0.25) is 5.95 Å². The molecular weight excluding hydrogens is 254 g/mol.